The molecule has 1 heterocycles. The van der Waals surface area contributed by atoms with E-state index in [4.69, 9.17) is 0 Å². The zero-order valence-electron chi connectivity index (χ0n) is 17.5. The van der Waals surface area contributed by atoms with Crippen molar-refractivity contribution in [3.8, 4) is 0 Å². The van der Waals surface area contributed by atoms with Crippen molar-refractivity contribution in [3.05, 3.63) is 66.3 Å². The maximum absolute atomic E-state index is 9.50. The van der Waals surface area contributed by atoms with E-state index in [-0.39, 0.29) is 0 Å². The lowest BCUT2D eigenvalue weighted by Gasteiger charge is -2.30. The van der Waals surface area contributed by atoms with Crippen molar-refractivity contribution in [1.29, 1.82) is 0 Å². The Labute approximate surface area is 164 Å². The summed E-state index contributed by atoms with van der Waals surface area (Å²) in [6.07, 6.45) is 8.63. The van der Waals surface area contributed by atoms with Crippen molar-refractivity contribution in [2.24, 2.45) is 0 Å². The van der Waals surface area contributed by atoms with E-state index < -0.39 is 0 Å². The lowest BCUT2D eigenvalue weighted by molar-refractivity contribution is 0.226. The normalized spacial score (nSPS) is 11.8. The molecule has 4 heteroatoms. The number of hydrogen-bond donors (Lipinski definition) is 0. The molecule has 0 fully saturated rings. The molecule has 0 aliphatic heterocycles. The maximum atomic E-state index is 9.50. The molecule has 0 bridgehead atoms. The maximum Gasteiger partial charge on any atom is 0.0949 e. The van der Waals surface area contributed by atoms with E-state index in [0.29, 0.717) is 13.2 Å². The van der Waals surface area contributed by atoms with Crippen molar-refractivity contribution in [3.63, 3.8) is 0 Å². The van der Waals surface area contributed by atoms with Crippen LogP contribution in [-0.2, 0) is 19.4 Å². The molecule has 3 nitrogen and oxygen atoms in total. The Morgan fingerprint density at radius 1 is 1.22 bits per heavy atom. The molecule has 0 aliphatic carbocycles. The minimum Gasteiger partial charge on any atom is -0.337 e. The van der Waals surface area contributed by atoms with Crippen molar-refractivity contribution in [2.75, 3.05) is 20.3 Å². The van der Waals surface area contributed by atoms with Gasteiger partial charge in [0.15, 0.2) is 0 Å². The highest BCUT2D eigenvalue weighted by Gasteiger charge is 2.19. The summed E-state index contributed by atoms with van der Waals surface area (Å²) >= 11 is 0. The molecule has 1 atom stereocenters. The number of rotatable bonds is 11. The number of aryl methyl sites for hydroxylation is 2. The molecule has 0 N–H and O–H groups in total. The molecule has 150 valence electrons. The Balaban J connectivity index is 0.00000176. The van der Waals surface area contributed by atoms with Gasteiger partial charge in [-0.2, -0.15) is 0 Å². The fraction of sp³-hybridized carbons (Fsp3) is 0.522. The molecule has 2 rings (SSSR count). The molecule has 2 aromatic rings. The van der Waals surface area contributed by atoms with Gasteiger partial charge in [-0.15, -0.1) is 0 Å². The van der Waals surface area contributed by atoms with E-state index in [1.54, 1.807) is 0 Å². The predicted octanol–water partition coefficient (Wildman–Crippen LogP) is 5.32. The molecule has 1 aromatic heterocycles. The first-order chi connectivity index (χ1) is 13.1. The highest BCUT2D eigenvalue weighted by Crippen LogP contribution is 2.15. The Hall–Kier alpha value is -1.94. The summed E-state index contributed by atoms with van der Waals surface area (Å²) in [5, 5.41) is 0. The van der Waals surface area contributed by atoms with E-state index in [2.05, 4.69) is 78.3 Å². The van der Waals surface area contributed by atoms with Gasteiger partial charge in [0.05, 0.1) is 19.2 Å². The standard InChI is InChI=1S/C22H33N3.CH3F/c1-5-7-14-25(6-2)22(19(3)4)16-21-17-24(18-23-21)15-13-20-11-9-8-10-12-20;1-2/h8-12,17-18,22H,3,5-7,13-16H2,1-2,4H3;1H3. The van der Waals surface area contributed by atoms with Crippen LogP contribution in [0.15, 0.2) is 55.0 Å². The summed E-state index contributed by atoms with van der Waals surface area (Å²) in [5.41, 5.74) is 3.77. The van der Waals surface area contributed by atoms with Gasteiger partial charge in [0, 0.05) is 25.2 Å². The molecular weight excluding hydrogens is 337 g/mol. The van der Waals surface area contributed by atoms with Gasteiger partial charge in [-0.05, 0) is 38.4 Å². The highest BCUT2D eigenvalue weighted by molar-refractivity contribution is 5.15. The zero-order chi connectivity index (χ0) is 20.1. The molecule has 0 aliphatic rings. The van der Waals surface area contributed by atoms with Crippen LogP contribution in [0.4, 0.5) is 4.39 Å². The summed E-state index contributed by atoms with van der Waals surface area (Å²) in [5.74, 6) is 0. The summed E-state index contributed by atoms with van der Waals surface area (Å²) in [7, 11) is 0.500. The summed E-state index contributed by atoms with van der Waals surface area (Å²) in [6.45, 7) is 14.0. The third-order valence-corrected chi connectivity index (χ3v) is 4.81. The smallest absolute Gasteiger partial charge is 0.0949 e. The Bertz CT molecular complexity index is 636. The van der Waals surface area contributed by atoms with E-state index in [1.165, 1.54) is 24.0 Å². The van der Waals surface area contributed by atoms with Gasteiger partial charge < -0.3 is 4.57 Å². The average Bonchev–Trinajstić information content (AvgIpc) is 3.16. The van der Waals surface area contributed by atoms with Gasteiger partial charge in [-0.3, -0.25) is 9.29 Å². The number of aromatic nitrogens is 2. The molecule has 0 amide bonds. The number of hydrogen-bond acceptors (Lipinski definition) is 2. The van der Waals surface area contributed by atoms with E-state index >= 15 is 0 Å². The highest BCUT2D eigenvalue weighted by atomic mass is 19.1. The predicted molar refractivity (Wildman–Crippen MR) is 114 cm³/mol. The third-order valence-electron chi connectivity index (χ3n) is 4.81. The van der Waals surface area contributed by atoms with E-state index in [0.717, 1.165) is 38.2 Å². The van der Waals surface area contributed by atoms with Crippen molar-refractivity contribution >= 4 is 0 Å². The van der Waals surface area contributed by atoms with Crippen LogP contribution in [0.1, 0.15) is 44.9 Å². The number of benzene rings is 1. The SMILES string of the molecule is C=C(C)C(Cc1cn(CCc2ccccc2)cn1)N(CC)CCCC.CF. The lowest BCUT2D eigenvalue weighted by Crippen LogP contribution is -2.38. The minimum absolute atomic E-state index is 0.383. The number of alkyl halides is 1. The number of likely N-dealkylation sites (N-methyl/N-ethyl adjacent to an activating group) is 1. The third kappa shape index (κ3) is 8.08. The second kappa shape index (κ2) is 13.3. The van der Waals surface area contributed by atoms with Gasteiger partial charge in [0.25, 0.3) is 0 Å². The Kier molecular flexibility index (Phi) is 11.3. The van der Waals surface area contributed by atoms with Crippen LogP contribution in [-0.4, -0.2) is 40.8 Å². The van der Waals surface area contributed by atoms with Crippen LogP contribution in [0.3, 0.4) is 0 Å². The molecule has 0 spiro atoms. The van der Waals surface area contributed by atoms with E-state index in [9.17, 15) is 4.39 Å². The summed E-state index contributed by atoms with van der Waals surface area (Å²) < 4.78 is 11.7. The number of halogens is 1. The van der Waals surface area contributed by atoms with Gasteiger partial charge in [-0.25, -0.2) is 4.98 Å². The van der Waals surface area contributed by atoms with Gasteiger partial charge in [-0.1, -0.05) is 62.8 Å². The van der Waals surface area contributed by atoms with Crippen molar-refractivity contribution < 1.29 is 4.39 Å². The molecule has 27 heavy (non-hydrogen) atoms. The molecule has 0 saturated carbocycles. The molecule has 1 aromatic carbocycles. The van der Waals surface area contributed by atoms with Crippen molar-refractivity contribution in [2.45, 2.75) is 59.0 Å². The lowest BCUT2D eigenvalue weighted by atomic mass is 10.0. The van der Waals surface area contributed by atoms with Crippen LogP contribution in [0.5, 0.6) is 0 Å². The van der Waals surface area contributed by atoms with Crippen LogP contribution in [0.25, 0.3) is 0 Å². The fourth-order valence-electron chi connectivity index (χ4n) is 3.25. The molecule has 0 saturated heterocycles. The van der Waals surface area contributed by atoms with Crippen LogP contribution in [0, 0.1) is 0 Å². The monoisotopic (exact) mass is 373 g/mol. The molecule has 1 unspecified atom stereocenters. The van der Waals surface area contributed by atoms with Crippen LogP contribution in [0.2, 0.25) is 0 Å². The average molecular weight is 374 g/mol. The number of unbranched alkanes of at least 4 members (excludes halogenated alkanes) is 1. The van der Waals surface area contributed by atoms with Crippen molar-refractivity contribution in [1.82, 2.24) is 14.5 Å². The Morgan fingerprint density at radius 3 is 2.52 bits per heavy atom. The second-order valence-electron chi connectivity index (χ2n) is 6.89. The number of imidazole rings is 1. The zero-order valence-corrected chi connectivity index (χ0v) is 17.5. The topological polar surface area (TPSA) is 21.1 Å². The van der Waals surface area contributed by atoms with Gasteiger partial charge in [0.2, 0.25) is 0 Å². The molecule has 0 radical (unpaired) electrons. The van der Waals surface area contributed by atoms with Gasteiger partial charge >= 0.3 is 0 Å². The first kappa shape index (κ1) is 23.1. The summed E-state index contributed by atoms with van der Waals surface area (Å²) in [6, 6.07) is 11.0. The van der Waals surface area contributed by atoms with Crippen LogP contribution < -0.4 is 0 Å². The van der Waals surface area contributed by atoms with Gasteiger partial charge in [0.1, 0.15) is 0 Å². The summed E-state index contributed by atoms with van der Waals surface area (Å²) in [4.78, 5) is 7.18. The second-order valence-corrected chi connectivity index (χ2v) is 6.89. The number of nitrogens with zero attached hydrogens (tertiary/aromatic N) is 3. The Morgan fingerprint density at radius 2 is 1.93 bits per heavy atom. The molecular formula is C23H36FN3. The minimum atomic E-state index is 0.383. The first-order valence-corrected chi connectivity index (χ1v) is 9.95. The van der Waals surface area contributed by atoms with Crippen LogP contribution >= 0.6 is 0 Å². The fourth-order valence-corrected chi connectivity index (χ4v) is 3.25. The quantitative estimate of drug-likeness (QED) is 0.497. The van der Waals surface area contributed by atoms with E-state index in [1.807, 2.05) is 6.33 Å². The first-order valence-electron chi connectivity index (χ1n) is 9.95. The largest absolute Gasteiger partial charge is 0.337 e.